The summed E-state index contributed by atoms with van der Waals surface area (Å²) in [5.74, 6) is -0.793. The number of sulfone groups is 1. The molecule has 0 aliphatic heterocycles. The minimum atomic E-state index is -3.77. The van der Waals surface area contributed by atoms with Gasteiger partial charge in [0.25, 0.3) is 5.56 Å². The summed E-state index contributed by atoms with van der Waals surface area (Å²) in [5.41, 5.74) is -0.810. The van der Waals surface area contributed by atoms with Gasteiger partial charge in [0.2, 0.25) is 0 Å². The number of carboxylic acid groups (broad SMARTS) is 1. The molecule has 0 spiro atoms. The van der Waals surface area contributed by atoms with Crippen LogP contribution in [0.2, 0.25) is 0 Å². The summed E-state index contributed by atoms with van der Waals surface area (Å²) in [6.07, 6.45) is 1.12. The number of carbonyl (C=O) groups is 1. The molecule has 1 unspecified atom stereocenters. The van der Waals surface area contributed by atoms with Crippen LogP contribution in [0.3, 0.4) is 0 Å². The van der Waals surface area contributed by atoms with Crippen molar-refractivity contribution >= 4 is 26.8 Å². The van der Waals surface area contributed by atoms with E-state index in [0.717, 1.165) is 29.7 Å². The van der Waals surface area contributed by atoms with Crippen LogP contribution in [-0.2, 0) is 9.84 Å². The summed E-state index contributed by atoms with van der Waals surface area (Å²) < 4.78 is 40.2. The van der Waals surface area contributed by atoms with E-state index in [1.807, 2.05) is 0 Å². The van der Waals surface area contributed by atoms with E-state index < -0.39 is 33.3 Å². The standard InChI is InChI=1S/C20H18FN3O5S/c1-30(28,29)15-8-4-6-13-16(15)19(25)24(14-7-3-2-5-12(14)21)18(22-13)17(11-9-10-11)23-20(26)27/h2-8,11,17,23H,9-10H2,1H3,(H,26,27). The maximum absolute atomic E-state index is 14.7. The Labute approximate surface area is 170 Å². The summed E-state index contributed by atoms with van der Waals surface area (Å²) in [4.78, 5) is 29.1. The molecule has 2 aromatic carbocycles. The predicted octanol–water partition coefficient (Wildman–Crippen LogP) is 2.65. The predicted molar refractivity (Wildman–Crippen MR) is 107 cm³/mol. The lowest BCUT2D eigenvalue weighted by atomic mass is 10.1. The molecule has 0 bridgehead atoms. The molecule has 10 heteroatoms. The molecule has 0 radical (unpaired) electrons. The number of aromatic nitrogens is 2. The average Bonchev–Trinajstić information content (AvgIpc) is 3.51. The van der Waals surface area contributed by atoms with Crippen LogP contribution in [-0.4, -0.2) is 35.4 Å². The fourth-order valence-corrected chi connectivity index (χ4v) is 4.44. The molecule has 4 rings (SSSR count). The van der Waals surface area contributed by atoms with Gasteiger partial charge in [-0.05, 0) is 43.0 Å². The van der Waals surface area contributed by atoms with E-state index in [9.17, 15) is 27.5 Å². The SMILES string of the molecule is CS(=O)(=O)c1cccc2nc(C(NC(=O)O)C3CC3)n(-c3ccccc3F)c(=O)c12. The Morgan fingerprint density at radius 3 is 2.53 bits per heavy atom. The summed E-state index contributed by atoms with van der Waals surface area (Å²) in [7, 11) is -3.77. The number of para-hydroxylation sites is 1. The Kier molecular flexibility index (Phi) is 4.81. The highest BCUT2D eigenvalue weighted by Gasteiger charge is 2.37. The van der Waals surface area contributed by atoms with Gasteiger partial charge in [0.1, 0.15) is 11.6 Å². The summed E-state index contributed by atoms with van der Waals surface area (Å²) in [6.45, 7) is 0. The van der Waals surface area contributed by atoms with Gasteiger partial charge in [-0.1, -0.05) is 18.2 Å². The van der Waals surface area contributed by atoms with Crippen molar-refractivity contribution in [3.63, 3.8) is 0 Å². The first kappa shape index (κ1) is 20.0. The fourth-order valence-electron chi connectivity index (χ4n) is 3.56. The Hall–Kier alpha value is -3.27. The van der Waals surface area contributed by atoms with Crippen LogP contribution < -0.4 is 10.9 Å². The molecule has 30 heavy (non-hydrogen) atoms. The van der Waals surface area contributed by atoms with Crippen molar-refractivity contribution in [3.8, 4) is 5.69 Å². The zero-order valence-electron chi connectivity index (χ0n) is 15.9. The van der Waals surface area contributed by atoms with Gasteiger partial charge in [-0.25, -0.2) is 22.6 Å². The lowest BCUT2D eigenvalue weighted by molar-refractivity contribution is 0.187. The highest BCUT2D eigenvalue weighted by atomic mass is 32.2. The normalized spacial score (nSPS) is 15.1. The number of halogens is 1. The molecule has 1 amide bonds. The second-order valence-electron chi connectivity index (χ2n) is 7.25. The van der Waals surface area contributed by atoms with Crippen molar-refractivity contribution in [2.24, 2.45) is 5.92 Å². The highest BCUT2D eigenvalue weighted by molar-refractivity contribution is 7.91. The van der Waals surface area contributed by atoms with Crippen LogP contribution in [0.5, 0.6) is 0 Å². The second kappa shape index (κ2) is 7.21. The Bertz CT molecular complexity index is 1330. The van der Waals surface area contributed by atoms with Gasteiger partial charge in [0, 0.05) is 6.26 Å². The lowest BCUT2D eigenvalue weighted by Gasteiger charge is -2.22. The van der Waals surface area contributed by atoms with E-state index in [2.05, 4.69) is 10.3 Å². The monoisotopic (exact) mass is 431 g/mol. The molecular formula is C20H18FN3O5S. The molecule has 156 valence electrons. The number of benzene rings is 2. The topological polar surface area (TPSA) is 118 Å². The largest absolute Gasteiger partial charge is 0.465 e. The van der Waals surface area contributed by atoms with E-state index in [-0.39, 0.29) is 33.2 Å². The molecule has 3 aromatic rings. The van der Waals surface area contributed by atoms with Gasteiger partial charge >= 0.3 is 6.09 Å². The molecule has 1 fully saturated rings. The van der Waals surface area contributed by atoms with E-state index in [0.29, 0.717) is 0 Å². The first-order valence-corrected chi connectivity index (χ1v) is 11.1. The number of nitrogens with one attached hydrogen (secondary N) is 1. The van der Waals surface area contributed by atoms with E-state index in [4.69, 9.17) is 0 Å². The molecule has 1 aliphatic rings. The Morgan fingerprint density at radius 2 is 1.93 bits per heavy atom. The maximum atomic E-state index is 14.7. The number of hydrogen-bond acceptors (Lipinski definition) is 5. The van der Waals surface area contributed by atoms with Crippen LogP contribution in [0.15, 0.2) is 52.2 Å². The summed E-state index contributed by atoms with van der Waals surface area (Å²) >= 11 is 0. The molecule has 8 nitrogen and oxygen atoms in total. The summed E-state index contributed by atoms with van der Waals surface area (Å²) in [5, 5.41) is 11.5. The average molecular weight is 431 g/mol. The minimum Gasteiger partial charge on any atom is -0.465 e. The molecule has 2 N–H and O–H groups in total. The maximum Gasteiger partial charge on any atom is 0.405 e. The van der Waals surface area contributed by atoms with E-state index >= 15 is 0 Å². The van der Waals surface area contributed by atoms with Crippen LogP contribution in [0.4, 0.5) is 9.18 Å². The third-order valence-corrected chi connectivity index (χ3v) is 6.17. The van der Waals surface area contributed by atoms with Crippen LogP contribution in [0.1, 0.15) is 24.7 Å². The zero-order chi connectivity index (χ0) is 21.6. The van der Waals surface area contributed by atoms with Crippen molar-refractivity contribution in [3.05, 3.63) is 64.5 Å². The minimum absolute atomic E-state index is 0.0214. The number of hydrogen-bond donors (Lipinski definition) is 2. The molecule has 1 aliphatic carbocycles. The van der Waals surface area contributed by atoms with Gasteiger partial charge < -0.3 is 10.4 Å². The fraction of sp³-hybridized carbons (Fsp3) is 0.250. The van der Waals surface area contributed by atoms with Gasteiger partial charge in [-0.3, -0.25) is 9.36 Å². The number of rotatable bonds is 5. The molecular weight excluding hydrogens is 413 g/mol. The van der Waals surface area contributed by atoms with Gasteiger partial charge in [-0.15, -0.1) is 0 Å². The van der Waals surface area contributed by atoms with Gasteiger partial charge in [0.05, 0.1) is 27.5 Å². The van der Waals surface area contributed by atoms with E-state index in [1.54, 1.807) is 0 Å². The molecule has 1 saturated carbocycles. The molecule has 1 heterocycles. The first-order chi connectivity index (χ1) is 14.2. The lowest BCUT2D eigenvalue weighted by Crippen LogP contribution is -2.35. The molecule has 1 aromatic heterocycles. The Morgan fingerprint density at radius 1 is 1.23 bits per heavy atom. The van der Waals surface area contributed by atoms with Crippen LogP contribution in [0, 0.1) is 11.7 Å². The van der Waals surface area contributed by atoms with Crippen molar-refractivity contribution < 1.29 is 22.7 Å². The Balaban J connectivity index is 2.14. The van der Waals surface area contributed by atoms with Gasteiger partial charge in [-0.2, -0.15) is 0 Å². The van der Waals surface area contributed by atoms with Crippen molar-refractivity contribution in [2.75, 3.05) is 6.26 Å². The van der Waals surface area contributed by atoms with E-state index in [1.165, 1.54) is 36.4 Å². The molecule has 0 saturated heterocycles. The third-order valence-electron chi connectivity index (χ3n) is 5.03. The first-order valence-electron chi connectivity index (χ1n) is 9.18. The summed E-state index contributed by atoms with van der Waals surface area (Å²) in [6, 6.07) is 8.88. The molecule has 1 atom stereocenters. The highest BCUT2D eigenvalue weighted by Crippen LogP contribution is 2.41. The number of fused-ring (bicyclic) bond motifs is 1. The van der Waals surface area contributed by atoms with Gasteiger partial charge in [0.15, 0.2) is 9.84 Å². The second-order valence-corrected chi connectivity index (χ2v) is 9.23. The zero-order valence-corrected chi connectivity index (χ0v) is 16.7. The quantitative estimate of drug-likeness (QED) is 0.641. The van der Waals surface area contributed by atoms with Crippen molar-refractivity contribution in [1.82, 2.24) is 14.9 Å². The smallest absolute Gasteiger partial charge is 0.405 e. The van der Waals surface area contributed by atoms with Crippen molar-refractivity contribution in [1.29, 1.82) is 0 Å². The van der Waals surface area contributed by atoms with Crippen LogP contribution in [0.25, 0.3) is 16.6 Å². The van der Waals surface area contributed by atoms with Crippen molar-refractivity contribution in [2.45, 2.75) is 23.8 Å². The van der Waals surface area contributed by atoms with Crippen LogP contribution >= 0.6 is 0 Å². The number of amides is 1. The number of nitrogens with zero attached hydrogens (tertiary/aromatic N) is 2. The third kappa shape index (κ3) is 3.54.